The number of rotatable bonds is 2. The van der Waals surface area contributed by atoms with Gasteiger partial charge in [0.05, 0.1) is 10.5 Å². The summed E-state index contributed by atoms with van der Waals surface area (Å²) in [6.07, 6.45) is 1.59. The highest BCUT2D eigenvalue weighted by Crippen LogP contribution is 2.20. The molecule has 0 unspecified atom stereocenters. The molecular formula is C16H10ClNO. The molecule has 3 aromatic rings. The maximum atomic E-state index is 12.4. The van der Waals surface area contributed by atoms with Crippen LogP contribution in [0.2, 0.25) is 5.02 Å². The number of fused-ring (bicyclic) bond motifs is 1. The molecule has 0 N–H and O–H groups in total. The maximum absolute atomic E-state index is 12.4. The van der Waals surface area contributed by atoms with Crippen molar-refractivity contribution >= 4 is 28.3 Å². The zero-order chi connectivity index (χ0) is 13.2. The van der Waals surface area contributed by atoms with Gasteiger partial charge in [0.15, 0.2) is 5.78 Å². The number of carbonyl (C=O) groups is 1. The van der Waals surface area contributed by atoms with Crippen molar-refractivity contribution in [1.82, 2.24) is 4.98 Å². The summed E-state index contributed by atoms with van der Waals surface area (Å²) in [5, 5.41) is 1.40. The third-order valence-electron chi connectivity index (χ3n) is 2.97. The topological polar surface area (TPSA) is 30.0 Å². The van der Waals surface area contributed by atoms with Crippen molar-refractivity contribution in [3.8, 4) is 0 Å². The van der Waals surface area contributed by atoms with E-state index in [2.05, 4.69) is 4.98 Å². The maximum Gasteiger partial charge on any atom is 0.196 e. The number of carbonyl (C=O) groups excluding carboxylic acids is 1. The molecule has 3 heteroatoms. The molecule has 2 aromatic carbocycles. The molecule has 0 aliphatic rings. The number of hydrogen-bond acceptors (Lipinski definition) is 2. The van der Waals surface area contributed by atoms with Gasteiger partial charge in [-0.05, 0) is 24.3 Å². The van der Waals surface area contributed by atoms with Gasteiger partial charge in [-0.3, -0.25) is 9.78 Å². The summed E-state index contributed by atoms with van der Waals surface area (Å²) in [6, 6.07) is 16.6. The monoisotopic (exact) mass is 267 g/mol. The largest absolute Gasteiger partial charge is 0.288 e. The van der Waals surface area contributed by atoms with Crippen LogP contribution in [0, 0.1) is 0 Å². The molecule has 0 saturated carbocycles. The lowest BCUT2D eigenvalue weighted by Crippen LogP contribution is -2.02. The minimum Gasteiger partial charge on any atom is -0.288 e. The zero-order valence-electron chi connectivity index (χ0n) is 10.0. The molecule has 0 bridgehead atoms. The Morgan fingerprint density at radius 3 is 2.58 bits per heavy atom. The van der Waals surface area contributed by atoms with Crippen molar-refractivity contribution in [2.45, 2.75) is 0 Å². The first-order chi connectivity index (χ1) is 9.25. The van der Waals surface area contributed by atoms with Crippen LogP contribution in [0.4, 0.5) is 0 Å². The highest BCUT2D eigenvalue weighted by molar-refractivity contribution is 6.35. The van der Waals surface area contributed by atoms with Gasteiger partial charge < -0.3 is 0 Å². The zero-order valence-corrected chi connectivity index (χ0v) is 10.8. The van der Waals surface area contributed by atoms with Crippen molar-refractivity contribution in [3.63, 3.8) is 0 Å². The van der Waals surface area contributed by atoms with E-state index >= 15 is 0 Å². The number of aromatic nitrogens is 1. The first kappa shape index (κ1) is 11.9. The van der Waals surface area contributed by atoms with Crippen molar-refractivity contribution in [2.75, 3.05) is 0 Å². The summed E-state index contributed by atoms with van der Waals surface area (Å²) >= 11 is 6.05. The van der Waals surface area contributed by atoms with Crippen molar-refractivity contribution < 1.29 is 4.79 Å². The number of halogens is 1. The van der Waals surface area contributed by atoms with E-state index < -0.39 is 0 Å². The van der Waals surface area contributed by atoms with Crippen LogP contribution in [0.3, 0.4) is 0 Å². The molecule has 0 saturated heterocycles. The standard InChI is InChI=1S/C16H10ClNO/c17-14-7-3-2-6-13(14)16(19)12-9-11-5-1-4-8-15(11)18-10-12/h1-10H. The van der Waals surface area contributed by atoms with E-state index in [-0.39, 0.29) is 5.78 Å². The predicted molar refractivity (Wildman–Crippen MR) is 76.6 cm³/mol. The lowest BCUT2D eigenvalue weighted by molar-refractivity contribution is 0.103. The summed E-state index contributed by atoms with van der Waals surface area (Å²) < 4.78 is 0. The number of ketones is 1. The highest BCUT2D eigenvalue weighted by atomic mass is 35.5. The summed E-state index contributed by atoms with van der Waals surface area (Å²) in [7, 11) is 0. The fourth-order valence-electron chi connectivity index (χ4n) is 2.00. The van der Waals surface area contributed by atoms with E-state index in [4.69, 9.17) is 11.6 Å². The van der Waals surface area contributed by atoms with Crippen LogP contribution in [0.15, 0.2) is 60.8 Å². The van der Waals surface area contributed by atoms with E-state index in [1.54, 1.807) is 30.5 Å². The molecule has 3 rings (SSSR count). The van der Waals surface area contributed by atoms with Crippen LogP contribution in [0.5, 0.6) is 0 Å². The average molecular weight is 268 g/mol. The fourth-order valence-corrected chi connectivity index (χ4v) is 2.22. The number of benzene rings is 2. The van der Waals surface area contributed by atoms with E-state index in [1.165, 1.54) is 0 Å². The van der Waals surface area contributed by atoms with Gasteiger partial charge in [-0.2, -0.15) is 0 Å². The van der Waals surface area contributed by atoms with Crippen LogP contribution in [-0.2, 0) is 0 Å². The van der Waals surface area contributed by atoms with Gasteiger partial charge in [-0.15, -0.1) is 0 Å². The van der Waals surface area contributed by atoms with Crippen LogP contribution in [-0.4, -0.2) is 10.8 Å². The molecule has 0 fully saturated rings. The van der Waals surface area contributed by atoms with E-state index in [9.17, 15) is 4.79 Å². The lowest BCUT2D eigenvalue weighted by Gasteiger charge is -2.04. The molecule has 2 nitrogen and oxygen atoms in total. The minimum atomic E-state index is -0.108. The minimum absolute atomic E-state index is 0.108. The molecule has 92 valence electrons. The second-order valence-corrected chi connectivity index (χ2v) is 4.63. The quantitative estimate of drug-likeness (QED) is 0.654. The Kier molecular flexibility index (Phi) is 3.02. The third kappa shape index (κ3) is 2.23. The molecule has 0 aliphatic heterocycles. The second-order valence-electron chi connectivity index (χ2n) is 4.23. The molecule has 0 atom stereocenters. The Labute approximate surface area is 115 Å². The SMILES string of the molecule is O=C(c1cnc2ccccc2c1)c1ccccc1Cl. The second kappa shape index (κ2) is 4.82. The molecular weight excluding hydrogens is 258 g/mol. The van der Waals surface area contributed by atoms with E-state index in [1.807, 2.05) is 30.3 Å². The molecule has 0 radical (unpaired) electrons. The van der Waals surface area contributed by atoms with Gasteiger partial charge >= 0.3 is 0 Å². The van der Waals surface area contributed by atoms with E-state index in [0.29, 0.717) is 16.1 Å². The Bertz CT molecular complexity index is 767. The molecule has 19 heavy (non-hydrogen) atoms. The Hall–Kier alpha value is -2.19. The summed E-state index contributed by atoms with van der Waals surface area (Å²) in [6.45, 7) is 0. The van der Waals surface area contributed by atoms with Crippen molar-refractivity contribution in [2.24, 2.45) is 0 Å². The van der Waals surface area contributed by atoms with Crippen molar-refractivity contribution in [3.05, 3.63) is 76.9 Å². The van der Waals surface area contributed by atoms with Crippen LogP contribution in [0.25, 0.3) is 10.9 Å². The summed E-state index contributed by atoms with van der Waals surface area (Å²) in [5.74, 6) is -0.108. The van der Waals surface area contributed by atoms with Gasteiger partial charge in [0.25, 0.3) is 0 Å². The third-order valence-corrected chi connectivity index (χ3v) is 3.30. The average Bonchev–Trinajstić information content (AvgIpc) is 2.46. The first-order valence-electron chi connectivity index (χ1n) is 5.90. The van der Waals surface area contributed by atoms with Crippen molar-refractivity contribution in [1.29, 1.82) is 0 Å². The number of pyridine rings is 1. The Morgan fingerprint density at radius 2 is 1.74 bits per heavy atom. The molecule has 1 aromatic heterocycles. The van der Waals surface area contributed by atoms with Gasteiger partial charge in [0.2, 0.25) is 0 Å². The molecule has 0 spiro atoms. The number of hydrogen-bond donors (Lipinski definition) is 0. The predicted octanol–water partition coefficient (Wildman–Crippen LogP) is 4.12. The molecule has 1 heterocycles. The van der Waals surface area contributed by atoms with E-state index in [0.717, 1.165) is 10.9 Å². The van der Waals surface area contributed by atoms with Crippen LogP contribution in [0.1, 0.15) is 15.9 Å². The summed E-state index contributed by atoms with van der Waals surface area (Å²) in [4.78, 5) is 16.7. The van der Waals surface area contributed by atoms with Gasteiger partial charge in [0.1, 0.15) is 0 Å². The Balaban J connectivity index is 2.09. The molecule has 0 aliphatic carbocycles. The fraction of sp³-hybridized carbons (Fsp3) is 0. The highest BCUT2D eigenvalue weighted by Gasteiger charge is 2.13. The molecule has 0 amide bonds. The Morgan fingerprint density at radius 1 is 1.00 bits per heavy atom. The number of para-hydroxylation sites is 1. The van der Waals surface area contributed by atoms with Gasteiger partial charge in [-0.25, -0.2) is 0 Å². The normalized spacial score (nSPS) is 10.6. The smallest absolute Gasteiger partial charge is 0.196 e. The first-order valence-corrected chi connectivity index (χ1v) is 6.27. The van der Waals surface area contributed by atoms with Gasteiger partial charge in [0, 0.05) is 22.7 Å². The van der Waals surface area contributed by atoms with Crippen LogP contribution >= 0.6 is 11.6 Å². The van der Waals surface area contributed by atoms with Crippen LogP contribution < -0.4 is 0 Å². The lowest BCUT2D eigenvalue weighted by atomic mass is 10.0. The summed E-state index contributed by atoms with van der Waals surface area (Å²) in [5.41, 5.74) is 1.92. The number of nitrogens with zero attached hydrogens (tertiary/aromatic N) is 1. The van der Waals surface area contributed by atoms with Gasteiger partial charge in [-0.1, -0.05) is 41.9 Å².